The van der Waals surface area contributed by atoms with E-state index in [2.05, 4.69) is 23.0 Å². The number of aliphatic hydroxyl groups is 1. The van der Waals surface area contributed by atoms with Crippen molar-refractivity contribution < 1.29 is 49.0 Å². The first-order valence-electron chi connectivity index (χ1n) is 14.5. The maximum absolute atomic E-state index is 10.3. The van der Waals surface area contributed by atoms with E-state index in [0.717, 1.165) is 51.7 Å². The number of carboxylic acids is 1. The summed E-state index contributed by atoms with van der Waals surface area (Å²) >= 11 is 0. The molecular weight excluding hydrogens is 522 g/mol. The molecule has 0 radical (unpaired) electrons. The fourth-order valence-corrected chi connectivity index (χ4v) is 3.57. The van der Waals surface area contributed by atoms with Crippen molar-refractivity contribution >= 4 is 24.1 Å². The van der Waals surface area contributed by atoms with Crippen molar-refractivity contribution in [2.75, 3.05) is 19.8 Å². The standard InChI is InChI=1S/C18H36O3.C5H8O6.C4H8O.C2H3N/c1-2-3-4-11-14-17(19)15-12-9-7-5-6-8-10-13-16-18(20)21;1-3(11-5(8)9)2-10-4(6)7;1-2-4-5-3-1;1-2-3/h17,19H,2-16H2,1H3,(H,20,21);3H,2H2,1H3,(H,6,7)(H,8,9);1-4H2;3H,1H2. The van der Waals surface area contributed by atoms with Gasteiger partial charge in [-0.1, -0.05) is 77.6 Å². The van der Waals surface area contributed by atoms with Crippen molar-refractivity contribution in [2.24, 2.45) is 0 Å². The zero-order valence-corrected chi connectivity index (χ0v) is 24.7. The monoisotopic (exact) mass is 577 g/mol. The van der Waals surface area contributed by atoms with E-state index in [1.165, 1.54) is 71.1 Å². The fourth-order valence-electron chi connectivity index (χ4n) is 3.57. The summed E-state index contributed by atoms with van der Waals surface area (Å²) in [5.74, 6) is 1.07. The Hall–Kier alpha value is -2.62. The summed E-state index contributed by atoms with van der Waals surface area (Å²) in [5.41, 5.74) is 0. The van der Waals surface area contributed by atoms with Crippen LogP contribution in [0.15, 0.2) is 6.58 Å². The van der Waals surface area contributed by atoms with Crippen LogP contribution in [0, 0.1) is 5.41 Å². The molecule has 1 aliphatic rings. The number of carbonyl (C=O) groups is 3. The molecule has 0 aromatic carbocycles. The third-order valence-corrected chi connectivity index (χ3v) is 5.64. The molecule has 40 heavy (non-hydrogen) atoms. The molecule has 11 nitrogen and oxygen atoms in total. The van der Waals surface area contributed by atoms with E-state index in [1.807, 2.05) is 0 Å². The second kappa shape index (κ2) is 34.4. The first-order chi connectivity index (χ1) is 19.1. The molecule has 0 aliphatic carbocycles. The Morgan fingerprint density at radius 1 is 0.850 bits per heavy atom. The summed E-state index contributed by atoms with van der Waals surface area (Å²) in [6.07, 6.45) is 15.1. The largest absolute Gasteiger partial charge is 0.506 e. The predicted octanol–water partition coefficient (Wildman–Crippen LogP) is 7.29. The zero-order chi connectivity index (χ0) is 30.9. The topological polar surface area (TPSA) is 184 Å². The van der Waals surface area contributed by atoms with Crippen LogP contribution in [0.5, 0.6) is 0 Å². The molecule has 0 amide bonds. The van der Waals surface area contributed by atoms with Crippen LogP contribution in [0.3, 0.4) is 0 Å². The first-order valence-corrected chi connectivity index (χ1v) is 14.5. The van der Waals surface area contributed by atoms with E-state index in [0.29, 0.717) is 6.42 Å². The number of rotatable bonds is 19. The molecule has 1 fully saturated rings. The molecule has 2 unspecified atom stereocenters. The van der Waals surface area contributed by atoms with E-state index in [-0.39, 0.29) is 12.7 Å². The third-order valence-electron chi connectivity index (χ3n) is 5.64. The van der Waals surface area contributed by atoms with Gasteiger partial charge < -0.3 is 34.6 Å². The number of unbranched alkanes of at least 4 members (excludes halogenated alkanes) is 10. The van der Waals surface area contributed by atoms with Gasteiger partial charge in [0.05, 0.1) is 6.10 Å². The van der Waals surface area contributed by atoms with Gasteiger partial charge in [0.25, 0.3) is 0 Å². The van der Waals surface area contributed by atoms with E-state index in [1.54, 1.807) is 5.87 Å². The second-order valence-corrected chi connectivity index (χ2v) is 9.53. The Morgan fingerprint density at radius 2 is 1.30 bits per heavy atom. The van der Waals surface area contributed by atoms with Crippen molar-refractivity contribution in [1.29, 1.82) is 5.41 Å². The van der Waals surface area contributed by atoms with Crippen molar-refractivity contribution in [1.82, 2.24) is 0 Å². The Morgan fingerprint density at radius 3 is 1.68 bits per heavy atom. The van der Waals surface area contributed by atoms with Gasteiger partial charge in [0.2, 0.25) is 0 Å². The number of aliphatic carboxylic acids is 1. The molecule has 0 bridgehead atoms. The lowest BCUT2D eigenvalue weighted by molar-refractivity contribution is -0.137. The maximum atomic E-state index is 10.3. The molecular formula is C29H55NO10. The Balaban J connectivity index is -0.000000590. The van der Waals surface area contributed by atoms with E-state index >= 15 is 0 Å². The minimum atomic E-state index is -1.45. The van der Waals surface area contributed by atoms with Gasteiger partial charge in [0, 0.05) is 19.6 Å². The first kappa shape index (κ1) is 41.9. The second-order valence-electron chi connectivity index (χ2n) is 9.53. The highest BCUT2D eigenvalue weighted by atomic mass is 16.7. The van der Waals surface area contributed by atoms with Crippen LogP contribution < -0.4 is 0 Å². The van der Waals surface area contributed by atoms with Crippen LogP contribution in [-0.2, 0) is 19.0 Å². The van der Waals surface area contributed by atoms with Gasteiger partial charge in [-0.2, -0.15) is 0 Å². The summed E-state index contributed by atoms with van der Waals surface area (Å²) in [7, 11) is 0. The summed E-state index contributed by atoms with van der Waals surface area (Å²) in [6, 6.07) is 0. The summed E-state index contributed by atoms with van der Waals surface area (Å²) < 4.78 is 13.1. The molecule has 0 aromatic rings. The van der Waals surface area contributed by atoms with Gasteiger partial charge in [0.15, 0.2) is 0 Å². The molecule has 1 heterocycles. The predicted molar refractivity (Wildman–Crippen MR) is 155 cm³/mol. The van der Waals surface area contributed by atoms with Crippen LogP contribution in [0.2, 0.25) is 0 Å². The van der Waals surface area contributed by atoms with Crippen LogP contribution in [0.1, 0.15) is 123 Å². The lowest BCUT2D eigenvalue weighted by Crippen LogP contribution is -2.20. The molecule has 1 rings (SSSR count). The molecule has 0 aromatic heterocycles. The van der Waals surface area contributed by atoms with E-state index in [4.69, 9.17) is 25.5 Å². The summed E-state index contributed by atoms with van der Waals surface area (Å²) in [6.45, 7) is 8.21. The summed E-state index contributed by atoms with van der Waals surface area (Å²) in [4.78, 5) is 29.9. The van der Waals surface area contributed by atoms with Crippen LogP contribution in [0.4, 0.5) is 9.59 Å². The van der Waals surface area contributed by atoms with Crippen molar-refractivity contribution in [3.63, 3.8) is 0 Å². The Labute approximate surface area is 240 Å². The van der Waals surface area contributed by atoms with Crippen molar-refractivity contribution in [2.45, 2.75) is 135 Å². The summed E-state index contributed by atoms with van der Waals surface area (Å²) in [5, 5.41) is 40.2. The van der Waals surface area contributed by atoms with Gasteiger partial charge in [0.1, 0.15) is 12.7 Å². The Bertz CT molecular complexity index is 612. The van der Waals surface area contributed by atoms with Gasteiger partial charge in [-0.25, -0.2) is 9.59 Å². The number of ether oxygens (including phenoxy) is 3. The highest BCUT2D eigenvalue weighted by Gasteiger charge is 2.09. The quantitative estimate of drug-likeness (QED) is 0.0593. The van der Waals surface area contributed by atoms with E-state index < -0.39 is 24.4 Å². The van der Waals surface area contributed by atoms with Gasteiger partial charge in [-0.15, -0.1) is 0 Å². The zero-order valence-electron chi connectivity index (χ0n) is 24.7. The minimum Gasteiger partial charge on any atom is -0.481 e. The molecule has 1 saturated heterocycles. The van der Waals surface area contributed by atoms with Gasteiger partial charge in [-0.3, -0.25) is 10.2 Å². The van der Waals surface area contributed by atoms with Crippen molar-refractivity contribution in [3.05, 3.63) is 6.58 Å². The molecule has 11 heteroatoms. The highest BCUT2D eigenvalue weighted by molar-refractivity contribution is 5.66. The lowest BCUT2D eigenvalue weighted by atomic mass is 10.0. The van der Waals surface area contributed by atoms with Crippen LogP contribution in [0.25, 0.3) is 0 Å². The number of aliphatic hydroxyl groups excluding tert-OH is 1. The molecule has 1 aliphatic heterocycles. The van der Waals surface area contributed by atoms with E-state index in [9.17, 15) is 19.5 Å². The molecule has 5 N–H and O–H groups in total. The van der Waals surface area contributed by atoms with Crippen LogP contribution >= 0.6 is 0 Å². The minimum absolute atomic E-state index is 0.0853. The number of carboxylic acid groups (broad SMARTS) is 3. The molecule has 236 valence electrons. The molecule has 2 atom stereocenters. The number of nitrogens with one attached hydrogen (secondary N) is 1. The highest BCUT2D eigenvalue weighted by Crippen LogP contribution is 2.14. The third kappa shape index (κ3) is 45.3. The molecule has 0 saturated carbocycles. The smallest absolute Gasteiger partial charge is 0.481 e. The average molecular weight is 578 g/mol. The molecule has 0 spiro atoms. The lowest BCUT2D eigenvalue weighted by Gasteiger charge is -2.10. The van der Waals surface area contributed by atoms with Gasteiger partial charge >= 0.3 is 18.3 Å². The van der Waals surface area contributed by atoms with Crippen molar-refractivity contribution in [3.8, 4) is 0 Å². The Kier molecular flexibility index (Phi) is 36.0. The maximum Gasteiger partial charge on any atom is 0.506 e. The number of hydrogen-bond acceptors (Lipinski definition) is 8. The SMILES string of the molecule is C1CCOC1.C=C=N.CC(COC(=O)O)OC(=O)O.CCCCCCC(O)CCCCCCCCCCC(=O)O. The number of hydrogen-bond donors (Lipinski definition) is 5. The normalized spacial score (nSPS) is 13.0. The fraction of sp³-hybridized carbons (Fsp3) is 0.828. The van der Waals surface area contributed by atoms with Crippen LogP contribution in [-0.4, -0.2) is 76.6 Å². The average Bonchev–Trinajstić information content (AvgIpc) is 3.47. The van der Waals surface area contributed by atoms with Gasteiger partial charge in [-0.05, 0) is 51.5 Å².